The van der Waals surface area contributed by atoms with Crippen molar-refractivity contribution in [3.8, 4) is 0 Å². The number of ether oxygens (including phenoxy) is 2. The highest BCUT2D eigenvalue weighted by Gasteiger charge is 2.32. The number of halogens is 1. The van der Waals surface area contributed by atoms with Crippen LogP contribution >= 0.6 is 11.6 Å². The number of hydrogen-bond acceptors (Lipinski definition) is 5. The van der Waals surface area contributed by atoms with E-state index in [1.165, 1.54) is 0 Å². The Morgan fingerprint density at radius 3 is 2.75 bits per heavy atom. The van der Waals surface area contributed by atoms with Gasteiger partial charge in [-0.2, -0.15) is 0 Å². The molecule has 1 aliphatic rings. The van der Waals surface area contributed by atoms with Crippen LogP contribution in [0.2, 0.25) is 0 Å². The van der Waals surface area contributed by atoms with E-state index in [2.05, 4.69) is 5.32 Å². The van der Waals surface area contributed by atoms with Crippen LogP contribution in [0.5, 0.6) is 0 Å². The van der Waals surface area contributed by atoms with Crippen LogP contribution in [0.15, 0.2) is 47.9 Å². The Kier molecular flexibility index (Phi) is 4.71. The van der Waals surface area contributed by atoms with Gasteiger partial charge in [-0.25, -0.2) is 4.79 Å². The largest absolute Gasteiger partial charge is 0.470 e. The van der Waals surface area contributed by atoms with Gasteiger partial charge in [0.15, 0.2) is 12.2 Å². The number of carbonyl (C=O) groups excluding carboxylic acids is 2. The van der Waals surface area contributed by atoms with Crippen molar-refractivity contribution < 1.29 is 19.1 Å². The number of carbonyl (C=O) groups is 2. The number of rotatable bonds is 5. The summed E-state index contributed by atoms with van der Waals surface area (Å²) in [5, 5.41) is 5.06. The van der Waals surface area contributed by atoms with E-state index < -0.39 is 5.97 Å². The average molecular weight is 346 g/mol. The molecule has 0 aliphatic carbocycles. The lowest BCUT2D eigenvalue weighted by atomic mass is 10.1. The fraction of sp³-hybridized carbons (Fsp3) is 0.222. The molecule has 1 N–H and O–H groups in total. The van der Waals surface area contributed by atoms with Gasteiger partial charge in [0.2, 0.25) is 11.7 Å². The summed E-state index contributed by atoms with van der Waals surface area (Å²) < 4.78 is 10.2. The minimum absolute atomic E-state index is 0.0746. The molecule has 5 nitrogen and oxygen atoms in total. The summed E-state index contributed by atoms with van der Waals surface area (Å²) in [6.45, 7) is 1.72. The van der Waals surface area contributed by atoms with Gasteiger partial charge in [0, 0.05) is 11.6 Å². The van der Waals surface area contributed by atoms with Crippen molar-refractivity contribution >= 4 is 39.8 Å². The van der Waals surface area contributed by atoms with Crippen molar-refractivity contribution in [3.63, 3.8) is 0 Å². The van der Waals surface area contributed by atoms with Crippen molar-refractivity contribution in [3.05, 3.63) is 53.4 Å². The minimum Gasteiger partial charge on any atom is -0.470 e. The van der Waals surface area contributed by atoms with Crippen molar-refractivity contribution in [2.45, 2.75) is 12.8 Å². The molecule has 0 atom stereocenters. The van der Waals surface area contributed by atoms with Crippen molar-refractivity contribution in [1.29, 1.82) is 0 Å². The average Bonchev–Trinajstić information content (AvgIpc) is 2.95. The van der Waals surface area contributed by atoms with Crippen molar-refractivity contribution in [2.24, 2.45) is 0 Å². The molecule has 0 radical (unpaired) electrons. The number of Topliss-reactive ketones (excluding diaryl/α,β-unsaturated/α-hetero) is 1. The van der Waals surface area contributed by atoms with Crippen LogP contribution in [0, 0.1) is 0 Å². The molecule has 6 heteroatoms. The Hall–Kier alpha value is -2.53. The number of fused-ring (bicyclic) bond motifs is 1. The van der Waals surface area contributed by atoms with Crippen LogP contribution in [0.25, 0.3) is 10.8 Å². The number of nitrogens with one attached hydrogen (secondary N) is 1. The minimum atomic E-state index is -0.671. The van der Waals surface area contributed by atoms with E-state index in [9.17, 15) is 9.59 Å². The molecule has 3 rings (SSSR count). The second-order valence-electron chi connectivity index (χ2n) is 5.29. The molecule has 2 aromatic rings. The van der Waals surface area contributed by atoms with E-state index in [1.54, 1.807) is 6.92 Å². The molecule has 2 aromatic carbocycles. The van der Waals surface area contributed by atoms with Gasteiger partial charge < -0.3 is 14.8 Å². The van der Waals surface area contributed by atoms with E-state index in [0.717, 1.165) is 16.3 Å². The van der Waals surface area contributed by atoms with Gasteiger partial charge in [-0.1, -0.05) is 18.2 Å². The van der Waals surface area contributed by atoms with E-state index in [4.69, 9.17) is 21.1 Å². The molecule has 124 valence electrons. The summed E-state index contributed by atoms with van der Waals surface area (Å²) in [7, 11) is 0. The highest BCUT2D eigenvalue weighted by atomic mass is 35.5. The Labute approximate surface area is 144 Å². The fourth-order valence-corrected chi connectivity index (χ4v) is 2.67. The van der Waals surface area contributed by atoms with Crippen LogP contribution in [0.3, 0.4) is 0 Å². The Morgan fingerprint density at radius 1 is 1.25 bits per heavy atom. The highest BCUT2D eigenvalue weighted by Crippen LogP contribution is 2.25. The zero-order valence-corrected chi connectivity index (χ0v) is 13.9. The molecule has 0 bridgehead atoms. The first-order chi connectivity index (χ1) is 11.6. The smallest absolute Gasteiger partial charge is 0.347 e. The zero-order chi connectivity index (χ0) is 17.1. The molecule has 0 saturated carbocycles. The summed E-state index contributed by atoms with van der Waals surface area (Å²) in [5.74, 6) is -0.462. The third-order valence-electron chi connectivity index (χ3n) is 3.65. The quantitative estimate of drug-likeness (QED) is 0.511. The number of esters is 1. The van der Waals surface area contributed by atoms with Gasteiger partial charge in [0.05, 0.1) is 6.61 Å². The van der Waals surface area contributed by atoms with Gasteiger partial charge in [-0.3, -0.25) is 4.79 Å². The number of anilines is 1. The Balaban J connectivity index is 1.90. The van der Waals surface area contributed by atoms with E-state index in [0.29, 0.717) is 11.6 Å². The highest BCUT2D eigenvalue weighted by molar-refractivity contribution is 6.19. The molecule has 0 amide bonds. The lowest BCUT2D eigenvalue weighted by Crippen LogP contribution is -2.16. The Morgan fingerprint density at radius 2 is 2.00 bits per heavy atom. The standard InChI is InChI=1S/C18H16ClNO4/c1-2-23-18(22)16-15(21)10-24-17(16)20-14-6-5-12-7-11(9-19)3-4-13(12)8-14/h3-8,20H,2,9-10H2,1H3. The van der Waals surface area contributed by atoms with Crippen LogP contribution < -0.4 is 5.32 Å². The van der Waals surface area contributed by atoms with Crippen LogP contribution in [-0.4, -0.2) is 25.0 Å². The molecule has 0 fully saturated rings. The van der Waals surface area contributed by atoms with Crippen LogP contribution in [0.4, 0.5) is 5.69 Å². The maximum absolute atomic E-state index is 11.9. The predicted octanol–water partition coefficient (Wildman–Crippen LogP) is 3.36. The summed E-state index contributed by atoms with van der Waals surface area (Å²) in [6.07, 6.45) is 0. The third-order valence-corrected chi connectivity index (χ3v) is 3.96. The summed E-state index contributed by atoms with van der Waals surface area (Å²) >= 11 is 5.85. The fourth-order valence-electron chi connectivity index (χ4n) is 2.50. The molecule has 1 heterocycles. The van der Waals surface area contributed by atoms with Crippen molar-refractivity contribution in [1.82, 2.24) is 0 Å². The topological polar surface area (TPSA) is 64.6 Å². The number of ketones is 1. The molecule has 1 aliphatic heterocycles. The molecule has 0 saturated heterocycles. The molecule has 0 spiro atoms. The van der Waals surface area contributed by atoms with E-state index in [-0.39, 0.29) is 30.5 Å². The summed E-state index contributed by atoms with van der Waals surface area (Å²) in [4.78, 5) is 23.7. The molecule has 24 heavy (non-hydrogen) atoms. The first-order valence-corrected chi connectivity index (χ1v) is 8.09. The predicted molar refractivity (Wildman–Crippen MR) is 91.7 cm³/mol. The molecular formula is C18H16ClNO4. The maximum atomic E-state index is 11.9. The van der Waals surface area contributed by atoms with Gasteiger partial charge in [0.25, 0.3) is 0 Å². The SMILES string of the molecule is CCOC(=O)C1=C(Nc2ccc3cc(CCl)ccc3c2)OCC1=O. The van der Waals surface area contributed by atoms with Crippen molar-refractivity contribution in [2.75, 3.05) is 18.5 Å². The Bertz CT molecular complexity index is 844. The summed E-state index contributed by atoms with van der Waals surface area (Å²) in [6, 6.07) is 11.6. The van der Waals surface area contributed by atoms with Gasteiger partial charge in [0.1, 0.15) is 0 Å². The van der Waals surface area contributed by atoms with Crippen LogP contribution in [0.1, 0.15) is 12.5 Å². The molecular weight excluding hydrogens is 330 g/mol. The third kappa shape index (κ3) is 3.21. The second kappa shape index (κ2) is 6.93. The van der Waals surface area contributed by atoms with E-state index in [1.807, 2.05) is 36.4 Å². The number of hydrogen-bond donors (Lipinski definition) is 1. The summed E-state index contributed by atoms with van der Waals surface area (Å²) in [5.41, 5.74) is 1.68. The van der Waals surface area contributed by atoms with Gasteiger partial charge in [-0.05, 0) is 41.5 Å². The van der Waals surface area contributed by atoms with E-state index >= 15 is 0 Å². The lowest BCUT2D eigenvalue weighted by Gasteiger charge is -2.10. The van der Waals surface area contributed by atoms with Gasteiger partial charge in [-0.15, -0.1) is 11.6 Å². The number of alkyl halides is 1. The molecule has 0 aromatic heterocycles. The first kappa shape index (κ1) is 16.3. The van der Waals surface area contributed by atoms with Crippen LogP contribution in [-0.2, 0) is 24.9 Å². The van der Waals surface area contributed by atoms with Gasteiger partial charge >= 0.3 is 5.97 Å². The molecule has 0 unspecified atom stereocenters. The first-order valence-electron chi connectivity index (χ1n) is 7.55. The lowest BCUT2D eigenvalue weighted by molar-refractivity contribution is -0.139. The monoisotopic (exact) mass is 345 g/mol. The second-order valence-corrected chi connectivity index (χ2v) is 5.56. The number of benzene rings is 2. The normalized spacial score (nSPS) is 14.0. The maximum Gasteiger partial charge on any atom is 0.347 e. The zero-order valence-electron chi connectivity index (χ0n) is 13.1.